The molecule has 1 aliphatic rings. The van der Waals surface area contributed by atoms with E-state index < -0.39 is 0 Å². The maximum atomic E-state index is 5.69. The van der Waals surface area contributed by atoms with Gasteiger partial charge in [0.1, 0.15) is 0 Å². The molecule has 0 aromatic rings. The van der Waals surface area contributed by atoms with E-state index in [0.717, 1.165) is 13.0 Å². The van der Waals surface area contributed by atoms with Gasteiger partial charge in [-0.2, -0.15) is 6.42 Å². The number of ether oxygens (including phenoxy) is 1. The first-order chi connectivity index (χ1) is 4.71. The fraction of sp³-hybridized carbons (Fsp3) is 0.889. The van der Waals surface area contributed by atoms with E-state index in [-0.39, 0.29) is 38.3 Å². The molecule has 0 spiro atoms. The number of hydrogen-bond acceptors (Lipinski definition) is 1. The zero-order valence-corrected chi connectivity index (χ0v) is 10.4. The van der Waals surface area contributed by atoms with E-state index in [1.807, 2.05) is 0 Å². The zero-order valence-electron chi connectivity index (χ0n) is 7.60. The van der Waals surface area contributed by atoms with Crippen molar-refractivity contribution in [2.45, 2.75) is 38.7 Å². The molecule has 0 bridgehead atoms. The standard InChI is InChI=1S/C9H17O.Y/c1-4-9(8(2)3)6-5-7-10-9;/h8H,1,4-7H2,2-3H3;/q-1;. The van der Waals surface area contributed by atoms with Crippen LogP contribution in [0.3, 0.4) is 0 Å². The van der Waals surface area contributed by atoms with Crippen molar-refractivity contribution in [3.05, 3.63) is 6.92 Å². The Bertz CT molecular complexity index is 106. The molecule has 1 aliphatic heterocycles. The van der Waals surface area contributed by atoms with Crippen LogP contribution in [0.1, 0.15) is 33.1 Å². The molecule has 0 N–H and O–H groups in total. The van der Waals surface area contributed by atoms with Crippen LogP contribution in [0.5, 0.6) is 0 Å². The first-order valence-electron chi connectivity index (χ1n) is 4.14. The summed E-state index contributed by atoms with van der Waals surface area (Å²) in [5.74, 6) is 0.618. The average molecular weight is 230 g/mol. The molecule has 63 valence electrons. The Morgan fingerprint density at radius 2 is 2.18 bits per heavy atom. The minimum atomic E-state index is 0. The predicted octanol–water partition coefficient (Wildman–Crippen LogP) is 2.41. The van der Waals surface area contributed by atoms with Crippen LogP contribution in [-0.2, 0) is 37.4 Å². The van der Waals surface area contributed by atoms with Crippen molar-refractivity contribution in [3.8, 4) is 0 Å². The van der Waals surface area contributed by atoms with E-state index in [2.05, 4.69) is 20.8 Å². The molecule has 0 aromatic carbocycles. The summed E-state index contributed by atoms with van der Waals surface area (Å²) in [6, 6.07) is 0. The zero-order chi connectivity index (χ0) is 7.61. The quantitative estimate of drug-likeness (QED) is 0.662. The third-order valence-electron chi connectivity index (χ3n) is 2.61. The minimum absolute atomic E-state index is 0. The van der Waals surface area contributed by atoms with Crippen LogP contribution in [0.25, 0.3) is 0 Å². The van der Waals surface area contributed by atoms with E-state index in [9.17, 15) is 0 Å². The first-order valence-corrected chi connectivity index (χ1v) is 4.14. The van der Waals surface area contributed by atoms with Crippen LogP contribution in [0.15, 0.2) is 0 Å². The molecule has 1 heterocycles. The molecular weight excluding hydrogens is 213 g/mol. The summed E-state index contributed by atoms with van der Waals surface area (Å²) in [6.07, 6.45) is 3.34. The van der Waals surface area contributed by atoms with E-state index >= 15 is 0 Å². The number of rotatable bonds is 2. The van der Waals surface area contributed by atoms with Gasteiger partial charge < -0.3 is 11.7 Å². The molecule has 1 saturated heterocycles. The Labute approximate surface area is 95.2 Å². The van der Waals surface area contributed by atoms with Gasteiger partial charge in [-0.1, -0.05) is 13.8 Å². The molecule has 0 saturated carbocycles. The molecule has 1 nitrogen and oxygen atoms in total. The van der Waals surface area contributed by atoms with Crippen molar-refractivity contribution < 1.29 is 37.4 Å². The van der Waals surface area contributed by atoms with Gasteiger partial charge in [0.15, 0.2) is 0 Å². The molecule has 2 heteroatoms. The van der Waals surface area contributed by atoms with Crippen LogP contribution in [0.2, 0.25) is 0 Å². The monoisotopic (exact) mass is 230 g/mol. The van der Waals surface area contributed by atoms with E-state index in [1.165, 1.54) is 12.8 Å². The fourth-order valence-electron chi connectivity index (χ4n) is 1.66. The maximum Gasteiger partial charge on any atom is 0.0473 e. The third kappa shape index (κ3) is 2.50. The van der Waals surface area contributed by atoms with Crippen molar-refractivity contribution in [1.29, 1.82) is 0 Å². The summed E-state index contributed by atoms with van der Waals surface area (Å²) in [7, 11) is 0. The van der Waals surface area contributed by atoms with Crippen LogP contribution >= 0.6 is 0 Å². The second-order valence-electron chi connectivity index (χ2n) is 3.42. The van der Waals surface area contributed by atoms with Crippen molar-refractivity contribution in [2.24, 2.45) is 5.92 Å². The summed E-state index contributed by atoms with van der Waals surface area (Å²) in [4.78, 5) is 0. The molecular formula is C9H17OY-. The predicted molar refractivity (Wildman–Crippen MR) is 42.7 cm³/mol. The Hall–Kier alpha value is 1.06. The van der Waals surface area contributed by atoms with Gasteiger partial charge in [-0.15, -0.1) is 0 Å². The van der Waals surface area contributed by atoms with Crippen LogP contribution in [0.4, 0.5) is 0 Å². The van der Waals surface area contributed by atoms with Gasteiger partial charge >= 0.3 is 0 Å². The molecule has 1 atom stereocenters. The molecule has 1 rings (SSSR count). The summed E-state index contributed by atoms with van der Waals surface area (Å²) in [6.45, 7) is 9.31. The maximum absolute atomic E-state index is 5.69. The molecule has 0 aromatic heterocycles. The summed E-state index contributed by atoms with van der Waals surface area (Å²) >= 11 is 0. The van der Waals surface area contributed by atoms with E-state index in [1.54, 1.807) is 0 Å². The molecule has 11 heavy (non-hydrogen) atoms. The Kier molecular flexibility index (Phi) is 5.42. The van der Waals surface area contributed by atoms with Crippen molar-refractivity contribution >= 4 is 0 Å². The van der Waals surface area contributed by atoms with Gasteiger partial charge in [0.25, 0.3) is 0 Å². The Balaban J connectivity index is 0.000001000. The SMILES string of the molecule is [CH2-]CC1(C(C)C)CCCO1.[Y]. The fourth-order valence-corrected chi connectivity index (χ4v) is 1.66. The van der Waals surface area contributed by atoms with Crippen LogP contribution in [-0.4, -0.2) is 12.2 Å². The largest absolute Gasteiger partial charge is 0.377 e. The molecule has 0 aliphatic carbocycles. The average Bonchev–Trinajstić information content (AvgIpc) is 2.35. The van der Waals surface area contributed by atoms with Gasteiger partial charge in [0.05, 0.1) is 0 Å². The molecule has 1 radical (unpaired) electrons. The van der Waals surface area contributed by atoms with Gasteiger partial charge in [0.2, 0.25) is 0 Å². The van der Waals surface area contributed by atoms with Gasteiger partial charge in [-0.3, -0.25) is 0 Å². The van der Waals surface area contributed by atoms with Crippen molar-refractivity contribution in [1.82, 2.24) is 0 Å². The Morgan fingerprint density at radius 1 is 1.55 bits per heavy atom. The van der Waals surface area contributed by atoms with Gasteiger partial charge in [-0.05, 0) is 18.8 Å². The summed E-state index contributed by atoms with van der Waals surface area (Å²) in [5.41, 5.74) is 0.125. The van der Waals surface area contributed by atoms with Gasteiger partial charge in [-0.25, -0.2) is 0 Å². The minimum Gasteiger partial charge on any atom is -0.377 e. The van der Waals surface area contributed by atoms with Crippen LogP contribution in [0, 0.1) is 12.8 Å². The molecule has 1 unspecified atom stereocenters. The normalized spacial score (nSPS) is 30.5. The van der Waals surface area contributed by atoms with E-state index in [4.69, 9.17) is 4.74 Å². The summed E-state index contributed by atoms with van der Waals surface area (Å²) < 4.78 is 5.69. The topological polar surface area (TPSA) is 9.23 Å². The molecule has 1 fully saturated rings. The van der Waals surface area contributed by atoms with Crippen LogP contribution < -0.4 is 0 Å². The third-order valence-corrected chi connectivity index (χ3v) is 2.61. The smallest absolute Gasteiger partial charge is 0.0473 e. The second kappa shape index (κ2) is 4.94. The molecule has 0 amide bonds. The first kappa shape index (κ1) is 12.1. The number of hydrogen-bond donors (Lipinski definition) is 0. The van der Waals surface area contributed by atoms with Crippen molar-refractivity contribution in [2.75, 3.05) is 6.61 Å². The Morgan fingerprint density at radius 3 is 2.36 bits per heavy atom. The van der Waals surface area contributed by atoms with Crippen molar-refractivity contribution in [3.63, 3.8) is 0 Å². The summed E-state index contributed by atoms with van der Waals surface area (Å²) in [5, 5.41) is 0. The van der Waals surface area contributed by atoms with E-state index in [0.29, 0.717) is 5.92 Å². The second-order valence-corrected chi connectivity index (χ2v) is 3.42. The van der Waals surface area contributed by atoms with Gasteiger partial charge in [0, 0.05) is 44.9 Å².